The lowest BCUT2D eigenvalue weighted by atomic mass is 9.74. The van der Waals surface area contributed by atoms with Crippen LogP contribution >= 0.6 is 0 Å². The van der Waals surface area contributed by atoms with Crippen LogP contribution in [-0.2, 0) is 11.2 Å². The number of benzene rings is 1. The minimum atomic E-state index is -0.827. The molecule has 0 aliphatic heterocycles. The summed E-state index contributed by atoms with van der Waals surface area (Å²) in [5.41, 5.74) is -0.441. The van der Waals surface area contributed by atoms with E-state index in [1.54, 1.807) is 7.11 Å². The smallest absolute Gasteiger partial charge is 0.126 e. The molecule has 1 saturated carbocycles. The zero-order valence-corrected chi connectivity index (χ0v) is 12.0. The predicted molar refractivity (Wildman–Crippen MR) is 73.4 cm³/mol. The lowest BCUT2D eigenvalue weighted by Crippen LogP contribution is -2.48. The average Bonchev–Trinajstić information content (AvgIpc) is 2.42. The molecule has 1 N–H and O–H groups in total. The van der Waals surface area contributed by atoms with Gasteiger partial charge >= 0.3 is 0 Å². The van der Waals surface area contributed by atoms with Crippen molar-refractivity contribution >= 4 is 0 Å². The van der Waals surface area contributed by atoms with Crippen molar-refractivity contribution in [3.8, 4) is 0 Å². The molecular weight excluding hydrogens is 262 g/mol. The van der Waals surface area contributed by atoms with Crippen molar-refractivity contribution in [1.82, 2.24) is 0 Å². The molecular formula is C16H22F2O2. The molecule has 0 radical (unpaired) electrons. The molecule has 1 aliphatic rings. The summed E-state index contributed by atoms with van der Waals surface area (Å²) in [6.07, 6.45) is 2.85. The van der Waals surface area contributed by atoms with Crippen molar-refractivity contribution in [1.29, 1.82) is 0 Å². The molecule has 0 heterocycles. The first kappa shape index (κ1) is 15.4. The number of hydrogen-bond acceptors (Lipinski definition) is 2. The van der Waals surface area contributed by atoms with Crippen molar-refractivity contribution in [2.45, 2.75) is 50.7 Å². The minimum absolute atomic E-state index is 0.0736. The zero-order chi connectivity index (χ0) is 14.8. The molecule has 0 amide bonds. The van der Waals surface area contributed by atoms with Crippen molar-refractivity contribution in [2.24, 2.45) is 5.92 Å². The highest BCUT2D eigenvalue weighted by atomic mass is 19.1. The molecule has 4 heteroatoms. The topological polar surface area (TPSA) is 29.5 Å². The number of ether oxygens (including phenoxy) is 1. The fraction of sp³-hybridized carbons (Fsp3) is 0.625. The van der Waals surface area contributed by atoms with Crippen LogP contribution < -0.4 is 0 Å². The second-order valence-corrected chi connectivity index (χ2v) is 5.93. The maximum atomic E-state index is 13.7. The lowest BCUT2D eigenvalue weighted by Gasteiger charge is -2.42. The van der Waals surface area contributed by atoms with Crippen molar-refractivity contribution in [3.05, 3.63) is 35.4 Å². The van der Waals surface area contributed by atoms with E-state index >= 15 is 0 Å². The van der Waals surface area contributed by atoms with Crippen LogP contribution in [0.25, 0.3) is 0 Å². The van der Waals surface area contributed by atoms with Gasteiger partial charge in [0.2, 0.25) is 0 Å². The van der Waals surface area contributed by atoms with Crippen LogP contribution in [0.4, 0.5) is 8.78 Å². The molecule has 1 aromatic rings. The monoisotopic (exact) mass is 284 g/mol. The molecule has 1 aromatic carbocycles. The van der Waals surface area contributed by atoms with Crippen LogP contribution in [0.5, 0.6) is 0 Å². The molecule has 2 rings (SSSR count). The van der Waals surface area contributed by atoms with Gasteiger partial charge in [0, 0.05) is 13.5 Å². The number of aliphatic hydroxyl groups excluding tert-OH is 1. The standard InChI is InChI=1S/C16H22F2O2/c1-11-4-3-7-16(10-11,20-2)15(19)9-12-8-13(17)5-6-14(12)18/h5-6,8,11,15,19H,3-4,7,9-10H2,1-2H3. The Bertz CT molecular complexity index is 464. The first-order valence-corrected chi connectivity index (χ1v) is 7.14. The molecule has 1 aliphatic carbocycles. The summed E-state index contributed by atoms with van der Waals surface area (Å²) in [6, 6.07) is 3.33. The third-order valence-electron chi connectivity index (χ3n) is 4.43. The molecule has 0 saturated heterocycles. The second-order valence-electron chi connectivity index (χ2n) is 5.93. The summed E-state index contributed by atoms with van der Waals surface area (Å²) in [5, 5.41) is 10.5. The predicted octanol–water partition coefficient (Wildman–Crippen LogP) is 3.46. The van der Waals surface area contributed by atoms with Crippen molar-refractivity contribution in [2.75, 3.05) is 7.11 Å². The van der Waals surface area contributed by atoms with E-state index in [9.17, 15) is 13.9 Å². The van der Waals surface area contributed by atoms with Gasteiger partial charge in [0.25, 0.3) is 0 Å². The molecule has 3 atom stereocenters. The van der Waals surface area contributed by atoms with E-state index in [0.717, 1.165) is 43.9 Å². The first-order chi connectivity index (χ1) is 9.47. The third-order valence-corrected chi connectivity index (χ3v) is 4.43. The fourth-order valence-corrected chi connectivity index (χ4v) is 3.26. The summed E-state index contributed by atoms with van der Waals surface area (Å²) in [6.45, 7) is 2.13. The Morgan fingerprint density at radius 3 is 2.85 bits per heavy atom. The molecule has 0 spiro atoms. The maximum absolute atomic E-state index is 13.7. The normalized spacial score (nSPS) is 28.4. The number of methoxy groups -OCH3 is 1. The summed E-state index contributed by atoms with van der Waals surface area (Å²) in [4.78, 5) is 0. The quantitative estimate of drug-likeness (QED) is 0.917. The van der Waals surface area contributed by atoms with Gasteiger partial charge in [-0.05, 0) is 42.5 Å². The molecule has 20 heavy (non-hydrogen) atoms. The summed E-state index contributed by atoms with van der Waals surface area (Å²) < 4.78 is 32.5. The Balaban J connectivity index is 2.16. The Kier molecular flexibility index (Phi) is 4.76. The molecule has 2 nitrogen and oxygen atoms in total. The van der Waals surface area contributed by atoms with E-state index in [-0.39, 0.29) is 12.0 Å². The first-order valence-electron chi connectivity index (χ1n) is 7.14. The molecule has 0 aromatic heterocycles. The average molecular weight is 284 g/mol. The van der Waals surface area contributed by atoms with Gasteiger partial charge in [-0.3, -0.25) is 0 Å². The van der Waals surface area contributed by atoms with E-state index in [2.05, 4.69) is 6.92 Å². The van der Waals surface area contributed by atoms with Gasteiger partial charge in [0.15, 0.2) is 0 Å². The van der Waals surface area contributed by atoms with Crippen LogP contribution in [0.3, 0.4) is 0 Å². The van der Waals surface area contributed by atoms with Crippen LogP contribution in [0.1, 0.15) is 38.2 Å². The molecule has 0 bridgehead atoms. The van der Waals surface area contributed by atoms with E-state index < -0.39 is 23.3 Å². The van der Waals surface area contributed by atoms with E-state index in [0.29, 0.717) is 5.92 Å². The Morgan fingerprint density at radius 1 is 1.45 bits per heavy atom. The fourth-order valence-electron chi connectivity index (χ4n) is 3.26. The van der Waals surface area contributed by atoms with Gasteiger partial charge in [-0.2, -0.15) is 0 Å². The Hall–Kier alpha value is -1.00. The minimum Gasteiger partial charge on any atom is -0.390 e. The SMILES string of the molecule is COC1(C(O)Cc2cc(F)ccc2F)CCCC(C)C1. The van der Waals surface area contributed by atoms with Gasteiger partial charge in [0.05, 0.1) is 11.7 Å². The Labute approximate surface area is 118 Å². The van der Waals surface area contributed by atoms with Crippen LogP contribution in [0.15, 0.2) is 18.2 Å². The second kappa shape index (κ2) is 6.19. The Morgan fingerprint density at radius 2 is 2.20 bits per heavy atom. The molecule has 3 unspecified atom stereocenters. The van der Waals surface area contributed by atoms with Gasteiger partial charge in [-0.15, -0.1) is 0 Å². The van der Waals surface area contributed by atoms with Gasteiger partial charge < -0.3 is 9.84 Å². The summed E-state index contributed by atoms with van der Waals surface area (Å²) in [7, 11) is 1.59. The molecule has 1 fully saturated rings. The highest BCUT2D eigenvalue weighted by molar-refractivity contribution is 5.20. The van der Waals surface area contributed by atoms with Gasteiger partial charge in [-0.25, -0.2) is 8.78 Å². The third kappa shape index (κ3) is 3.18. The van der Waals surface area contributed by atoms with Crippen LogP contribution in [0, 0.1) is 17.6 Å². The van der Waals surface area contributed by atoms with Gasteiger partial charge in [0.1, 0.15) is 11.6 Å². The number of halogens is 2. The number of hydrogen-bond donors (Lipinski definition) is 1. The molecule has 112 valence electrons. The highest BCUT2D eigenvalue weighted by Crippen LogP contribution is 2.38. The largest absolute Gasteiger partial charge is 0.390 e. The highest BCUT2D eigenvalue weighted by Gasteiger charge is 2.41. The van der Waals surface area contributed by atoms with Gasteiger partial charge in [-0.1, -0.05) is 19.8 Å². The zero-order valence-electron chi connectivity index (χ0n) is 12.0. The van der Waals surface area contributed by atoms with E-state index in [1.165, 1.54) is 0 Å². The summed E-state index contributed by atoms with van der Waals surface area (Å²) in [5.74, 6) is -0.506. The lowest BCUT2D eigenvalue weighted by molar-refractivity contribution is -0.131. The van der Waals surface area contributed by atoms with Crippen LogP contribution in [0.2, 0.25) is 0 Å². The number of rotatable bonds is 4. The van der Waals surface area contributed by atoms with E-state index in [1.807, 2.05) is 0 Å². The van der Waals surface area contributed by atoms with Crippen LogP contribution in [-0.4, -0.2) is 23.9 Å². The maximum Gasteiger partial charge on any atom is 0.126 e. The van der Waals surface area contributed by atoms with Crippen molar-refractivity contribution in [3.63, 3.8) is 0 Å². The number of aliphatic hydroxyl groups is 1. The van der Waals surface area contributed by atoms with E-state index in [4.69, 9.17) is 4.74 Å². The van der Waals surface area contributed by atoms with Crippen molar-refractivity contribution < 1.29 is 18.6 Å². The summed E-state index contributed by atoms with van der Waals surface area (Å²) >= 11 is 0.